The second-order valence-electron chi connectivity index (χ2n) is 4.79. The Kier molecular flexibility index (Phi) is 6.49. The Labute approximate surface area is 131 Å². The van der Waals surface area contributed by atoms with Crippen molar-refractivity contribution in [1.29, 1.82) is 0 Å². The first kappa shape index (κ1) is 18.4. The van der Waals surface area contributed by atoms with Crippen molar-refractivity contribution in [1.82, 2.24) is 4.90 Å². The molecule has 1 rings (SSSR count). The molecule has 1 aromatic carbocycles. The number of nitro benzene ring substituents is 1. The van der Waals surface area contributed by atoms with Crippen LogP contribution in [-0.2, 0) is 20.8 Å². The zero-order chi connectivity index (χ0) is 17.6. The number of aliphatic hydroxyl groups excluding tert-OH is 1. The minimum absolute atomic E-state index is 0.00696. The van der Waals surface area contributed by atoms with Crippen LogP contribution in [0.4, 0.5) is 5.69 Å². The maximum atomic E-state index is 12.1. The summed E-state index contributed by atoms with van der Waals surface area (Å²) in [6.45, 7) is 0.555. The van der Waals surface area contributed by atoms with Crippen LogP contribution in [-0.4, -0.2) is 45.3 Å². The molecule has 23 heavy (non-hydrogen) atoms. The summed E-state index contributed by atoms with van der Waals surface area (Å²) < 4.78 is 0. The average molecular weight is 323 g/mol. The van der Waals surface area contributed by atoms with E-state index in [4.69, 9.17) is 10.8 Å². The number of amides is 3. The first-order chi connectivity index (χ1) is 10.8. The van der Waals surface area contributed by atoms with E-state index in [1.165, 1.54) is 24.3 Å². The molecule has 0 saturated carbocycles. The van der Waals surface area contributed by atoms with Gasteiger partial charge in [0, 0.05) is 19.1 Å². The van der Waals surface area contributed by atoms with Crippen molar-refractivity contribution in [2.45, 2.75) is 25.8 Å². The molecule has 0 spiro atoms. The number of benzene rings is 1. The van der Waals surface area contributed by atoms with Gasteiger partial charge in [0.25, 0.3) is 11.6 Å². The number of rotatable bonds is 6. The van der Waals surface area contributed by atoms with Crippen LogP contribution in [0.25, 0.3) is 0 Å². The first-order valence-electron chi connectivity index (χ1n) is 6.75. The van der Waals surface area contributed by atoms with Gasteiger partial charge < -0.3 is 10.8 Å². The molecule has 0 fully saturated rings. The zero-order valence-electron chi connectivity index (χ0n) is 12.5. The summed E-state index contributed by atoms with van der Waals surface area (Å²) in [5, 5.41) is 19.3. The van der Waals surface area contributed by atoms with Crippen LogP contribution < -0.4 is 5.73 Å². The molecule has 3 N–H and O–H groups in total. The van der Waals surface area contributed by atoms with Crippen LogP contribution in [0.3, 0.4) is 0 Å². The topological polar surface area (TPSA) is 144 Å². The van der Waals surface area contributed by atoms with E-state index in [9.17, 15) is 24.5 Å². The van der Waals surface area contributed by atoms with Crippen molar-refractivity contribution in [2.24, 2.45) is 5.73 Å². The number of aliphatic hydroxyl groups is 1. The molecule has 0 aliphatic carbocycles. The zero-order valence-corrected chi connectivity index (χ0v) is 12.5. The van der Waals surface area contributed by atoms with Crippen molar-refractivity contribution >= 4 is 23.4 Å². The minimum atomic E-state index is -1.16. The fraction of sp³-hybridized carbons (Fsp3) is 0.357. The maximum absolute atomic E-state index is 12.1. The van der Waals surface area contributed by atoms with E-state index in [0.717, 1.165) is 6.92 Å². The molecule has 9 nitrogen and oxygen atoms in total. The third kappa shape index (κ3) is 4.94. The lowest BCUT2D eigenvalue weighted by molar-refractivity contribution is -0.384. The van der Waals surface area contributed by atoms with Gasteiger partial charge in [-0.25, -0.2) is 4.90 Å². The highest BCUT2D eigenvalue weighted by Crippen LogP contribution is 2.13. The number of carbonyl (C=O) groups is 3. The Morgan fingerprint density at radius 1 is 1.30 bits per heavy atom. The fourth-order valence-corrected chi connectivity index (χ4v) is 1.92. The number of imide groups is 3. The van der Waals surface area contributed by atoms with Crippen LogP contribution >= 0.6 is 0 Å². The molecule has 9 heteroatoms. The highest BCUT2D eigenvalue weighted by molar-refractivity contribution is 6.11. The molecule has 1 atom stereocenters. The number of non-ortho nitro benzene ring substituents is 1. The van der Waals surface area contributed by atoms with E-state index >= 15 is 0 Å². The number of hydrogen-bond acceptors (Lipinski definition) is 7. The summed E-state index contributed by atoms with van der Waals surface area (Å²) in [5.74, 6) is -2.49. The number of carbonyl (C=O) groups excluding carboxylic acids is 3. The Balaban J connectivity index is 2.83. The Morgan fingerprint density at radius 3 is 2.30 bits per heavy atom. The lowest BCUT2D eigenvalue weighted by Gasteiger charge is -2.20. The Hall–Kier alpha value is -2.65. The standard InChI is InChI=1S/C14H17N3O6/c1-9(19)16(13(20)6-7-18)14(21)12(15)8-10-2-4-11(5-3-10)17(22)23/h2-5,12,18H,6-8,15H2,1H3/t12-/m0/s1. The summed E-state index contributed by atoms with van der Waals surface area (Å²) >= 11 is 0. The van der Waals surface area contributed by atoms with Gasteiger partial charge in [0.1, 0.15) is 0 Å². The van der Waals surface area contributed by atoms with Gasteiger partial charge in [0.2, 0.25) is 11.8 Å². The second kappa shape index (κ2) is 8.11. The summed E-state index contributed by atoms with van der Waals surface area (Å²) in [6.07, 6.45) is -0.359. The molecule has 0 radical (unpaired) electrons. The van der Waals surface area contributed by atoms with E-state index in [0.29, 0.717) is 10.5 Å². The third-order valence-electron chi connectivity index (χ3n) is 3.03. The molecule has 1 aromatic rings. The SMILES string of the molecule is CC(=O)N(C(=O)CCO)C(=O)[C@@H](N)Cc1ccc([N+](=O)[O-])cc1. The largest absolute Gasteiger partial charge is 0.396 e. The molecule has 0 saturated heterocycles. The Morgan fingerprint density at radius 2 is 1.87 bits per heavy atom. The van der Waals surface area contributed by atoms with Gasteiger partial charge in [-0.15, -0.1) is 0 Å². The number of nitro groups is 1. The summed E-state index contributed by atoms with van der Waals surface area (Å²) in [6, 6.07) is 4.26. The van der Waals surface area contributed by atoms with Crippen LogP contribution in [0.5, 0.6) is 0 Å². The third-order valence-corrected chi connectivity index (χ3v) is 3.03. The predicted octanol–water partition coefficient (Wildman–Crippen LogP) is -0.251. The Bertz CT molecular complexity index is 613. The van der Waals surface area contributed by atoms with Gasteiger partial charge in [-0.3, -0.25) is 24.5 Å². The molecule has 0 aliphatic rings. The monoisotopic (exact) mass is 323 g/mol. The van der Waals surface area contributed by atoms with E-state index in [1.54, 1.807) is 0 Å². The van der Waals surface area contributed by atoms with Crippen molar-refractivity contribution in [2.75, 3.05) is 6.61 Å². The van der Waals surface area contributed by atoms with E-state index in [1.807, 2.05) is 0 Å². The molecule has 0 heterocycles. The van der Waals surface area contributed by atoms with Crippen molar-refractivity contribution in [3.8, 4) is 0 Å². The summed E-state index contributed by atoms with van der Waals surface area (Å²) in [4.78, 5) is 45.7. The van der Waals surface area contributed by atoms with Crippen molar-refractivity contribution < 1.29 is 24.4 Å². The van der Waals surface area contributed by atoms with Gasteiger partial charge in [0.05, 0.1) is 24.0 Å². The molecule has 3 amide bonds. The smallest absolute Gasteiger partial charge is 0.269 e. The number of nitrogens with two attached hydrogens (primary N) is 1. The summed E-state index contributed by atoms with van der Waals surface area (Å²) in [5.41, 5.74) is 6.18. The maximum Gasteiger partial charge on any atom is 0.269 e. The van der Waals surface area contributed by atoms with E-state index in [2.05, 4.69) is 0 Å². The van der Waals surface area contributed by atoms with Gasteiger partial charge in [-0.05, 0) is 12.0 Å². The minimum Gasteiger partial charge on any atom is -0.396 e. The van der Waals surface area contributed by atoms with E-state index < -0.39 is 35.3 Å². The van der Waals surface area contributed by atoms with Gasteiger partial charge in [-0.2, -0.15) is 0 Å². The molecule has 124 valence electrons. The first-order valence-corrected chi connectivity index (χ1v) is 6.75. The normalized spacial score (nSPS) is 11.6. The van der Waals surface area contributed by atoms with Crippen molar-refractivity contribution in [3.63, 3.8) is 0 Å². The molecular formula is C14H17N3O6. The highest BCUT2D eigenvalue weighted by Gasteiger charge is 2.29. The van der Waals surface area contributed by atoms with Crippen LogP contribution in [0, 0.1) is 10.1 Å². The van der Waals surface area contributed by atoms with Gasteiger partial charge in [0.15, 0.2) is 0 Å². The van der Waals surface area contributed by atoms with Crippen LogP contribution in [0.2, 0.25) is 0 Å². The fourth-order valence-electron chi connectivity index (χ4n) is 1.92. The number of nitrogens with zero attached hydrogens (tertiary/aromatic N) is 2. The molecular weight excluding hydrogens is 306 g/mol. The van der Waals surface area contributed by atoms with Crippen LogP contribution in [0.1, 0.15) is 18.9 Å². The summed E-state index contributed by atoms with van der Waals surface area (Å²) in [7, 11) is 0. The molecule has 0 bridgehead atoms. The lowest BCUT2D eigenvalue weighted by atomic mass is 10.0. The predicted molar refractivity (Wildman–Crippen MR) is 79.0 cm³/mol. The van der Waals surface area contributed by atoms with Crippen LogP contribution in [0.15, 0.2) is 24.3 Å². The van der Waals surface area contributed by atoms with Gasteiger partial charge in [-0.1, -0.05) is 12.1 Å². The quantitative estimate of drug-likeness (QED) is 0.542. The van der Waals surface area contributed by atoms with Crippen molar-refractivity contribution in [3.05, 3.63) is 39.9 Å². The number of hydrogen-bond donors (Lipinski definition) is 2. The lowest BCUT2D eigenvalue weighted by Crippen LogP contribution is -2.50. The molecule has 0 unspecified atom stereocenters. The highest BCUT2D eigenvalue weighted by atomic mass is 16.6. The average Bonchev–Trinajstić information content (AvgIpc) is 2.47. The van der Waals surface area contributed by atoms with E-state index in [-0.39, 0.29) is 18.5 Å². The second-order valence-corrected chi connectivity index (χ2v) is 4.79. The molecule has 0 aromatic heterocycles. The molecule has 0 aliphatic heterocycles. The van der Waals surface area contributed by atoms with Gasteiger partial charge >= 0.3 is 0 Å².